The van der Waals surface area contributed by atoms with Gasteiger partial charge in [0.1, 0.15) is 0 Å². The molecule has 3 rings (SSSR count). The molecule has 0 aliphatic heterocycles. The van der Waals surface area contributed by atoms with Crippen molar-refractivity contribution in [2.75, 3.05) is 0 Å². The molecule has 2 bridgehead atoms. The van der Waals surface area contributed by atoms with Crippen LogP contribution in [-0.4, -0.2) is 17.1 Å². The van der Waals surface area contributed by atoms with Gasteiger partial charge in [-0.1, -0.05) is 6.42 Å². The highest BCUT2D eigenvalue weighted by Gasteiger charge is 2.39. The minimum atomic E-state index is -0.331. The molecule has 0 radical (unpaired) electrons. The van der Waals surface area contributed by atoms with Crippen LogP contribution in [0.4, 0.5) is 0 Å². The second-order valence-electron chi connectivity index (χ2n) is 5.31. The molecule has 1 aromatic heterocycles. The van der Waals surface area contributed by atoms with Crippen LogP contribution in [0.15, 0.2) is 22.8 Å². The van der Waals surface area contributed by atoms with E-state index in [1.807, 2.05) is 0 Å². The molecule has 102 valence electrons. The molecule has 1 amide bonds. The minimum absolute atomic E-state index is 0.259. The molecule has 6 heteroatoms. The first-order chi connectivity index (χ1) is 9.22. The summed E-state index contributed by atoms with van der Waals surface area (Å²) in [5.74, 6) is 1.53. The fourth-order valence-corrected chi connectivity index (χ4v) is 3.41. The van der Waals surface area contributed by atoms with Gasteiger partial charge in [-0.25, -0.2) is 0 Å². The number of fused-ring (bicyclic) bond motifs is 2. The van der Waals surface area contributed by atoms with Crippen LogP contribution in [0.3, 0.4) is 0 Å². The van der Waals surface area contributed by atoms with E-state index >= 15 is 0 Å². The van der Waals surface area contributed by atoms with Crippen molar-refractivity contribution in [3.63, 3.8) is 0 Å². The second-order valence-corrected chi connectivity index (χ2v) is 5.72. The summed E-state index contributed by atoms with van der Waals surface area (Å²) in [6.07, 6.45) is 6.63. The number of hydrogen-bond acceptors (Lipinski definition) is 3. The molecule has 1 aromatic rings. The maximum absolute atomic E-state index is 11.6. The average molecular weight is 279 g/mol. The monoisotopic (exact) mass is 279 g/mol. The van der Waals surface area contributed by atoms with Gasteiger partial charge < -0.3 is 9.73 Å². The summed E-state index contributed by atoms with van der Waals surface area (Å²) in [5.41, 5.74) is 5.23. The van der Waals surface area contributed by atoms with E-state index in [1.54, 1.807) is 12.1 Å². The fraction of sp³-hybridized carbons (Fsp3) is 0.538. The van der Waals surface area contributed by atoms with Crippen LogP contribution in [-0.2, 0) is 0 Å². The van der Waals surface area contributed by atoms with Gasteiger partial charge in [-0.3, -0.25) is 15.6 Å². The Morgan fingerprint density at radius 1 is 1.32 bits per heavy atom. The SMILES string of the molecule is O=C(NNC(=S)N[C@H]1C[C@@H]2CC[C@@H]1C2)c1ccco1. The Bertz CT molecular complexity index is 474. The summed E-state index contributed by atoms with van der Waals surface area (Å²) in [7, 11) is 0. The number of thiocarbonyl (C=S) groups is 1. The van der Waals surface area contributed by atoms with Crippen LogP contribution < -0.4 is 16.2 Å². The quantitative estimate of drug-likeness (QED) is 0.566. The number of carbonyl (C=O) groups is 1. The smallest absolute Gasteiger partial charge is 0.305 e. The summed E-state index contributed by atoms with van der Waals surface area (Å²) < 4.78 is 4.99. The predicted octanol–water partition coefficient (Wildman–Crippen LogP) is 1.58. The summed E-state index contributed by atoms with van der Waals surface area (Å²) in [6.45, 7) is 0. The van der Waals surface area contributed by atoms with E-state index in [2.05, 4.69) is 16.2 Å². The largest absolute Gasteiger partial charge is 0.459 e. The lowest BCUT2D eigenvalue weighted by Gasteiger charge is -2.24. The normalized spacial score (nSPS) is 28.1. The Morgan fingerprint density at radius 2 is 2.21 bits per heavy atom. The van der Waals surface area contributed by atoms with E-state index in [1.165, 1.54) is 31.9 Å². The summed E-state index contributed by atoms with van der Waals surface area (Å²) >= 11 is 5.19. The third-order valence-electron chi connectivity index (χ3n) is 4.09. The van der Waals surface area contributed by atoms with Gasteiger partial charge in [0.2, 0.25) is 0 Å². The molecule has 0 aromatic carbocycles. The Labute approximate surface area is 117 Å². The molecule has 0 unspecified atom stereocenters. The number of hydrogen-bond donors (Lipinski definition) is 3. The van der Waals surface area contributed by atoms with Gasteiger partial charge in [-0.15, -0.1) is 0 Å². The topological polar surface area (TPSA) is 66.3 Å². The van der Waals surface area contributed by atoms with Crippen LogP contribution in [0.25, 0.3) is 0 Å². The lowest BCUT2D eigenvalue weighted by Crippen LogP contribution is -2.50. The zero-order valence-corrected chi connectivity index (χ0v) is 11.3. The van der Waals surface area contributed by atoms with Crippen molar-refractivity contribution in [3.8, 4) is 0 Å². The van der Waals surface area contributed by atoms with Crippen LogP contribution in [0.1, 0.15) is 36.2 Å². The van der Waals surface area contributed by atoms with Gasteiger partial charge in [0.15, 0.2) is 10.9 Å². The number of amides is 1. The van der Waals surface area contributed by atoms with Crippen molar-refractivity contribution in [1.82, 2.24) is 16.2 Å². The molecule has 2 aliphatic rings. The molecule has 2 aliphatic carbocycles. The van der Waals surface area contributed by atoms with E-state index < -0.39 is 0 Å². The van der Waals surface area contributed by atoms with Crippen molar-refractivity contribution >= 4 is 23.2 Å². The first-order valence-corrected chi connectivity index (χ1v) is 7.03. The van der Waals surface area contributed by atoms with Gasteiger partial charge in [0.05, 0.1) is 6.26 Å². The molecular weight excluding hydrogens is 262 g/mol. The zero-order chi connectivity index (χ0) is 13.2. The lowest BCUT2D eigenvalue weighted by molar-refractivity contribution is 0.0915. The molecule has 5 nitrogen and oxygen atoms in total. The number of carbonyl (C=O) groups excluding carboxylic acids is 1. The Kier molecular flexibility index (Phi) is 3.42. The van der Waals surface area contributed by atoms with Crippen LogP contribution in [0.2, 0.25) is 0 Å². The van der Waals surface area contributed by atoms with E-state index in [0.717, 1.165) is 11.8 Å². The molecule has 0 saturated heterocycles. The van der Waals surface area contributed by atoms with Crippen molar-refractivity contribution in [3.05, 3.63) is 24.2 Å². The summed E-state index contributed by atoms with van der Waals surface area (Å²) in [4.78, 5) is 11.6. The number of hydrazine groups is 1. The highest BCUT2D eigenvalue weighted by molar-refractivity contribution is 7.80. The molecule has 2 fully saturated rings. The van der Waals surface area contributed by atoms with Gasteiger partial charge >= 0.3 is 5.91 Å². The van der Waals surface area contributed by atoms with E-state index in [4.69, 9.17) is 16.6 Å². The minimum Gasteiger partial charge on any atom is -0.459 e. The Hall–Kier alpha value is -1.56. The third kappa shape index (κ3) is 2.73. The molecule has 2 saturated carbocycles. The zero-order valence-electron chi connectivity index (χ0n) is 10.5. The van der Waals surface area contributed by atoms with Gasteiger partial charge in [0, 0.05) is 6.04 Å². The molecule has 19 heavy (non-hydrogen) atoms. The van der Waals surface area contributed by atoms with Gasteiger partial charge in [-0.2, -0.15) is 0 Å². The van der Waals surface area contributed by atoms with Crippen molar-refractivity contribution in [2.24, 2.45) is 11.8 Å². The molecule has 0 spiro atoms. The molecule has 1 heterocycles. The standard InChI is InChI=1S/C13H17N3O2S/c17-12(11-2-1-5-18-11)15-16-13(19)14-10-7-8-3-4-9(10)6-8/h1-2,5,8-10H,3-4,6-7H2,(H,15,17)(H2,14,16,19)/t8-,9-,10+/m1/s1. The molecule has 3 atom stereocenters. The number of nitrogens with one attached hydrogen (secondary N) is 3. The Balaban J connectivity index is 1.43. The van der Waals surface area contributed by atoms with Crippen LogP contribution >= 0.6 is 12.2 Å². The van der Waals surface area contributed by atoms with Crippen molar-refractivity contribution in [1.29, 1.82) is 0 Å². The molecule has 3 N–H and O–H groups in total. The van der Waals surface area contributed by atoms with Crippen LogP contribution in [0.5, 0.6) is 0 Å². The van der Waals surface area contributed by atoms with Crippen molar-refractivity contribution in [2.45, 2.75) is 31.7 Å². The Morgan fingerprint density at radius 3 is 2.84 bits per heavy atom. The summed E-state index contributed by atoms with van der Waals surface area (Å²) in [5, 5.41) is 3.76. The third-order valence-corrected chi connectivity index (χ3v) is 4.31. The van der Waals surface area contributed by atoms with E-state index in [-0.39, 0.29) is 11.7 Å². The summed E-state index contributed by atoms with van der Waals surface area (Å²) in [6, 6.07) is 3.73. The first kappa shape index (κ1) is 12.5. The van der Waals surface area contributed by atoms with E-state index in [9.17, 15) is 4.79 Å². The molecular formula is C13H17N3O2S. The van der Waals surface area contributed by atoms with E-state index in [0.29, 0.717) is 11.2 Å². The highest BCUT2D eigenvalue weighted by Crippen LogP contribution is 2.44. The first-order valence-electron chi connectivity index (χ1n) is 6.62. The fourth-order valence-electron chi connectivity index (χ4n) is 3.21. The maximum atomic E-state index is 11.6. The second kappa shape index (κ2) is 5.21. The van der Waals surface area contributed by atoms with Gasteiger partial charge in [-0.05, 0) is 55.4 Å². The van der Waals surface area contributed by atoms with Crippen molar-refractivity contribution < 1.29 is 9.21 Å². The lowest BCUT2D eigenvalue weighted by atomic mass is 9.96. The number of furan rings is 1. The maximum Gasteiger partial charge on any atom is 0.305 e. The number of rotatable bonds is 2. The highest BCUT2D eigenvalue weighted by atomic mass is 32.1. The van der Waals surface area contributed by atoms with Crippen LogP contribution in [0, 0.1) is 11.8 Å². The average Bonchev–Trinajstić information content (AvgIpc) is 3.12. The predicted molar refractivity (Wildman–Crippen MR) is 74.3 cm³/mol. The van der Waals surface area contributed by atoms with Gasteiger partial charge in [0.25, 0.3) is 0 Å².